The van der Waals surface area contributed by atoms with E-state index in [0.717, 1.165) is 16.7 Å². The Labute approximate surface area is 256 Å². The van der Waals surface area contributed by atoms with Crippen molar-refractivity contribution in [3.05, 3.63) is 83.4 Å². The van der Waals surface area contributed by atoms with Crippen molar-refractivity contribution in [3.8, 4) is 29.0 Å². The molecule has 1 aliphatic heterocycles. The topological polar surface area (TPSA) is 166 Å². The van der Waals surface area contributed by atoms with Gasteiger partial charge in [-0.15, -0.1) is 0 Å². The average molecular weight is 605 g/mol. The number of pyridine rings is 1. The summed E-state index contributed by atoms with van der Waals surface area (Å²) in [7, 11) is 0. The fraction of sp³-hybridized carbons (Fsp3) is 0.129. The molecule has 5 N–H and O–H groups in total. The third-order valence-electron chi connectivity index (χ3n) is 7.26. The summed E-state index contributed by atoms with van der Waals surface area (Å²) in [4.78, 5) is 20.4. The summed E-state index contributed by atoms with van der Waals surface area (Å²) in [6.07, 6.45) is 0. The molecular weight excluding hydrogens is 580 g/mol. The minimum atomic E-state index is 0.103. The molecule has 3 aromatic carbocycles. The van der Waals surface area contributed by atoms with Crippen LogP contribution < -0.4 is 26.4 Å². The van der Waals surface area contributed by atoms with Crippen LogP contribution in [0.1, 0.15) is 5.56 Å². The monoisotopic (exact) mass is 604 g/mol. The number of para-hydroxylation sites is 2. The lowest BCUT2D eigenvalue weighted by Gasteiger charge is -2.27. The summed E-state index contributed by atoms with van der Waals surface area (Å²) in [6.45, 7) is 2.41. The van der Waals surface area contributed by atoms with E-state index in [0.29, 0.717) is 71.4 Å². The van der Waals surface area contributed by atoms with Gasteiger partial charge in [0.1, 0.15) is 23.2 Å². The second kappa shape index (κ2) is 11.2. The van der Waals surface area contributed by atoms with E-state index in [-0.39, 0.29) is 17.4 Å². The Morgan fingerprint density at radius 1 is 0.932 bits per heavy atom. The smallest absolute Gasteiger partial charge is 0.328 e. The molecule has 12 nitrogen and oxygen atoms in total. The fourth-order valence-corrected chi connectivity index (χ4v) is 5.38. The number of nitrogens with two attached hydrogens (primary N) is 2. The number of rotatable bonds is 6. The van der Waals surface area contributed by atoms with Gasteiger partial charge in [-0.2, -0.15) is 20.2 Å². The molecule has 0 unspecified atom stereocenters. The SMILES string of the molecule is N#Cc1c(-c2ccc(Oc3nc(Nc4cccc(Cl)c4)nc(N4CCOCC4)n3)cc2)c(N)c2nc3ccccc3n2c1N. The number of anilines is 5. The highest BCUT2D eigenvalue weighted by molar-refractivity contribution is 6.30. The molecular formula is C31H25ClN10O2. The summed E-state index contributed by atoms with van der Waals surface area (Å²) in [5.41, 5.74) is 17.6. The van der Waals surface area contributed by atoms with Crippen molar-refractivity contribution in [2.45, 2.75) is 0 Å². The molecule has 0 bridgehead atoms. The van der Waals surface area contributed by atoms with Gasteiger partial charge in [0.25, 0.3) is 0 Å². The third-order valence-corrected chi connectivity index (χ3v) is 7.49. The lowest BCUT2D eigenvalue weighted by Crippen LogP contribution is -2.37. The Hall–Kier alpha value is -5.64. The van der Waals surface area contributed by atoms with E-state index in [1.54, 1.807) is 40.8 Å². The quantitative estimate of drug-likeness (QED) is 0.223. The molecule has 44 heavy (non-hydrogen) atoms. The van der Waals surface area contributed by atoms with Crippen molar-refractivity contribution in [2.24, 2.45) is 0 Å². The predicted molar refractivity (Wildman–Crippen MR) is 169 cm³/mol. The van der Waals surface area contributed by atoms with Gasteiger partial charge >= 0.3 is 6.01 Å². The molecule has 0 atom stereocenters. The summed E-state index contributed by atoms with van der Waals surface area (Å²) in [5.74, 6) is 1.50. The van der Waals surface area contributed by atoms with Gasteiger partial charge in [0.2, 0.25) is 11.9 Å². The number of hydrogen-bond acceptors (Lipinski definition) is 11. The number of fused-ring (bicyclic) bond motifs is 3. The van der Waals surface area contributed by atoms with Gasteiger partial charge < -0.3 is 31.2 Å². The number of imidazole rings is 1. The molecule has 13 heteroatoms. The van der Waals surface area contributed by atoms with Crippen LogP contribution in [0.2, 0.25) is 5.02 Å². The Balaban J connectivity index is 1.23. The largest absolute Gasteiger partial charge is 0.424 e. The van der Waals surface area contributed by atoms with Crippen LogP contribution in [0.15, 0.2) is 72.8 Å². The lowest BCUT2D eigenvalue weighted by molar-refractivity contribution is 0.122. The number of nitriles is 1. The zero-order valence-corrected chi connectivity index (χ0v) is 24.0. The van der Waals surface area contributed by atoms with E-state index in [1.165, 1.54) is 0 Å². The number of ether oxygens (including phenoxy) is 2. The van der Waals surface area contributed by atoms with Gasteiger partial charge in [-0.1, -0.05) is 41.9 Å². The Morgan fingerprint density at radius 2 is 1.73 bits per heavy atom. The minimum Gasteiger partial charge on any atom is -0.424 e. The van der Waals surface area contributed by atoms with E-state index in [4.69, 9.17) is 32.5 Å². The molecule has 1 aliphatic rings. The molecule has 3 aromatic heterocycles. The maximum absolute atomic E-state index is 10.1. The summed E-state index contributed by atoms with van der Waals surface area (Å²) >= 11 is 6.17. The highest BCUT2D eigenvalue weighted by atomic mass is 35.5. The van der Waals surface area contributed by atoms with Crippen LogP contribution in [-0.2, 0) is 4.74 Å². The first-order valence-electron chi connectivity index (χ1n) is 13.8. The van der Waals surface area contributed by atoms with E-state index in [9.17, 15) is 5.26 Å². The van der Waals surface area contributed by atoms with E-state index in [2.05, 4.69) is 31.3 Å². The average Bonchev–Trinajstić information content (AvgIpc) is 3.44. The molecule has 0 aliphatic carbocycles. The Bertz CT molecular complexity index is 2070. The van der Waals surface area contributed by atoms with Gasteiger partial charge in [-0.3, -0.25) is 4.40 Å². The Kier molecular flexibility index (Phi) is 6.94. The molecule has 7 rings (SSSR count). The molecule has 0 spiro atoms. The first-order valence-corrected chi connectivity index (χ1v) is 14.1. The molecule has 6 aromatic rings. The maximum Gasteiger partial charge on any atom is 0.328 e. The molecule has 1 fully saturated rings. The summed E-state index contributed by atoms with van der Waals surface area (Å²) in [6, 6.07) is 24.2. The highest BCUT2D eigenvalue weighted by Crippen LogP contribution is 2.38. The molecule has 0 amide bonds. The van der Waals surface area contributed by atoms with E-state index < -0.39 is 0 Å². The van der Waals surface area contributed by atoms with Crippen LogP contribution in [-0.4, -0.2) is 50.6 Å². The number of nitrogens with one attached hydrogen (secondary N) is 1. The number of aromatic nitrogens is 5. The second-order valence-corrected chi connectivity index (χ2v) is 10.5. The van der Waals surface area contributed by atoms with Crippen LogP contribution in [0.25, 0.3) is 27.8 Å². The number of nitrogen functional groups attached to an aromatic ring is 2. The van der Waals surface area contributed by atoms with Gasteiger partial charge in [0.05, 0.1) is 29.9 Å². The lowest BCUT2D eigenvalue weighted by atomic mass is 9.99. The molecule has 0 saturated carbocycles. The summed E-state index contributed by atoms with van der Waals surface area (Å²) < 4.78 is 13.3. The number of halogens is 1. The third kappa shape index (κ3) is 5.00. The molecule has 1 saturated heterocycles. The predicted octanol–water partition coefficient (Wildman–Crippen LogP) is 5.40. The maximum atomic E-state index is 10.1. The van der Waals surface area contributed by atoms with E-state index >= 15 is 0 Å². The number of nitrogens with zero attached hydrogens (tertiary/aromatic N) is 7. The fourth-order valence-electron chi connectivity index (χ4n) is 5.19. The molecule has 0 radical (unpaired) electrons. The van der Waals surface area contributed by atoms with Gasteiger partial charge in [-0.25, -0.2) is 4.98 Å². The zero-order valence-electron chi connectivity index (χ0n) is 23.2. The van der Waals surface area contributed by atoms with Crippen LogP contribution in [0.5, 0.6) is 11.8 Å². The van der Waals surface area contributed by atoms with Crippen LogP contribution in [0.3, 0.4) is 0 Å². The van der Waals surface area contributed by atoms with Crippen LogP contribution in [0, 0.1) is 11.3 Å². The van der Waals surface area contributed by atoms with Crippen molar-refractivity contribution in [1.29, 1.82) is 5.26 Å². The molecule has 4 heterocycles. The van der Waals surface area contributed by atoms with Crippen molar-refractivity contribution < 1.29 is 9.47 Å². The van der Waals surface area contributed by atoms with Crippen molar-refractivity contribution in [2.75, 3.05) is 48.0 Å². The number of morpholine rings is 1. The highest BCUT2D eigenvalue weighted by Gasteiger charge is 2.22. The first kappa shape index (κ1) is 27.2. The second-order valence-electron chi connectivity index (χ2n) is 10.0. The van der Waals surface area contributed by atoms with Crippen molar-refractivity contribution in [1.82, 2.24) is 24.3 Å². The number of benzene rings is 3. The number of hydrogen-bond donors (Lipinski definition) is 3. The summed E-state index contributed by atoms with van der Waals surface area (Å²) in [5, 5.41) is 13.9. The first-order chi connectivity index (χ1) is 21.5. The Morgan fingerprint density at radius 3 is 2.50 bits per heavy atom. The van der Waals surface area contributed by atoms with Crippen molar-refractivity contribution in [3.63, 3.8) is 0 Å². The van der Waals surface area contributed by atoms with Crippen LogP contribution in [0.4, 0.5) is 29.1 Å². The van der Waals surface area contributed by atoms with Gasteiger partial charge in [0.15, 0.2) is 5.65 Å². The molecule has 218 valence electrons. The van der Waals surface area contributed by atoms with Crippen molar-refractivity contribution >= 4 is 57.4 Å². The standard InChI is InChI=1S/C31H25ClN10O2/c32-19-4-3-5-20(16-19)36-29-38-30(41-12-14-43-15-13-41)40-31(39-29)44-21-10-8-18(9-11-21)25-22(17-33)27(35)42-24-7-2-1-6-23(24)37-28(42)26(25)34/h1-11,16H,12-15,34-35H2,(H,36,38,39,40). The van der Waals surface area contributed by atoms with Gasteiger partial charge in [0, 0.05) is 29.4 Å². The normalized spacial score (nSPS) is 13.2. The van der Waals surface area contributed by atoms with E-state index in [1.807, 2.05) is 41.3 Å². The van der Waals surface area contributed by atoms with Crippen LogP contribution >= 0.6 is 11.6 Å². The minimum absolute atomic E-state index is 0.103. The van der Waals surface area contributed by atoms with Gasteiger partial charge in [-0.05, 0) is 48.0 Å². The zero-order chi connectivity index (χ0) is 30.2.